The molecule has 1 fully saturated rings. The zero-order valence-corrected chi connectivity index (χ0v) is 26.4. The highest BCUT2D eigenvalue weighted by Gasteiger charge is 2.35. The molecule has 2 aromatic carbocycles. The number of halogens is 2. The number of hydrogen-bond acceptors (Lipinski definition) is 5. The summed E-state index contributed by atoms with van der Waals surface area (Å²) in [5.41, 5.74) is 0.876. The van der Waals surface area contributed by atoms with Gasteiger partial charge < -0.3 is 15.5 Å². The average molecular weight is 618 g/mol. The van der Waals surface area contributed by atoms with Crippen LogP contribution in [0.4, 0.5) is 0 Å². The van der Waals surface area contributed by atoms with E-state index in [1.165, 1.54) is 16.5 Å². The zero-order valence-electron chi connectivity index (χ0n) is 24.9. The maximum atomic E-state index is 13.9. The molecule has 0 aliphatic carbocycles. The quantitative estimate of drug-likeness (QED) is 0.298. The van der Waals surface area contributed by atoms with Gasteiger partial charge in [0, 0.05) is 49.1 Å². The molecule has 42 heavy (non-hydrogen) atoms. The summed E-state index contributed by atoms with van der Waals surface area (Å²) in [6.45, 7) is 9.10. The molecule has 1 saturated heterocycles. The second-order valence-electron chi connectivity index (χ2n) is 11.5. The van der Waals surface area contributed by atoms with E-state index in [4.69, 9.17) is 23.2 Å². The average Bonchev–Trinajstić information content (AvgIpc) is 3.14. The molecule has 3 unspecified atom stereocenters. The van der Waals surface area contributed by atoms with Crippen LogP contribution in [0.25, 0.3) is 0 Å². The van der Waals surface area contributed by atoms with Gasteiger partial charge in [0.25, 0.3) is 5.91 Å². The third kappa shape index (κ3) is 8.79. The van der Waals surface area contributed by atoms with Gasteiger partial charge in [-0.1, -0.05) is 81.2 Å². The first-order chi connectivity index (χ1) is 20.0. The van der Waals surface area contributed by atoms with Gasteiger partial charge in [0.05, 0.1) is 16.1 Å². The third-order valence-electron chi connectivity index (χ3n) is 8.20. The summed E-state index contributed by atoms with van der Waals surface area (Å²) < 4.78 is 0. The van der Waals surface area contributed by atoms with E-state index in [-0.39, 0.29) is 49.2 Å². The van der Waals surface area contributed by atoms with Crippen LogP contribution in [0.5, 0.6) is 0 Å². The lowest BCUT2D eigenvalue weighted by molar-refractivity contribution is -0.146. The first-order valence-electron chi connectivity index (χ1n) is 14.6. The topological polar surface area (TPSA) is 98.8 Å². The molecule has 0 spiro atoms. The number of benzene rings is 2. The first kappa shape index (κ1) is 33.6. The fourth-order valence-electron chi connectivity index (χ4n) is 5.06. The van der Waals surface area contributed by atoms with Crippen LogP contribution in [0.2, 0.25) is 10.0 Å². The second kappa shape index (κ2) is 15.5. The summed E-state index contributed by atoms with van der Waals surface area (Å²) in [6, 6.07) is 14.0. The van der Waals surface area contributed by atoms with Crippen LogP contribution in [0.1, 0.15) is 75.2 Å². The number of amides is 4. The summed E-state index contributed by atoms with van der Waals surface area (Å²) in [4.78, 5) is 54.6. The lowest BCUT2D eigenvalue weighted by Crippen LogP contribution is -2.51. The van der Waals surface area contributed by atoms with Crippen molar-refractivity contribution in [2.45, 2.75) is 71.4 Å². The van der Waals surface area contributed by atoms with Gasteiger partial charge in [-0.2, -0.15) is 0 Å². The van der Waals surface area contributed by atoms with Crippen LogP contribution >= 0.6 is 23.2 Å². The maximum absolute atomic E-state index is 13.9. The Labute approximate surface area is 259 Å². The van der Waals surface area contributed by atoms with Crippen LogP contribution < -0.4 is 10.6 Å². The zero-order chi connectivity index (χ0) is 30.9. The van der Waals surface area contributed by atoms with E-state index in [9.17, 15) is 19.2 Å². The second-order valence-corrected chi connectivity index (χ2v) is 12.3. The van der Waals surface area contributed by atoms with Gasteiger partial charge in [0.1, 0.15) is 0 Å². The Bertz CT molecular complexity index is 1240. The predicted octanol–water partition coefficient (Wildman–Crippen LogP) is 5.29. The number of rotatable bonds is 13. The Morgan fingerprint density at radius 2 is 1.86 bits per heavy atom. The normalized spacial score (nSPS) is 18.2. The molecule has 1 aliphatic heterocycles. The number of carbonyl (C=O) groups is 4. The van der Waals surface area contributed by atoms with Gasteiger partial charge in [-0.15, -0.1) is 0 Å². The standard InChI is InChI=1S/C32H42Cl2N4O4/c1-5-22(23-10-8-7-9-11-23)20-37-16-14-25(19-35-29(40)24-12-13-26(33)27(34)18-24)36-28(30(37)41)15-17-38(21-39)31(42)32(3,4)6-2/h7-13,18,21-22,25,28,36H,5-6,14-17,19-20H2,1-4H3,(H,35,40). The SMILES string of the molecule is CCC(CN1CCC(CNC(=O)c2ccc(Cl)c(Cl)c2)NC(CCN(C=O)C(=O)C(C)(C)CC)C1=O)c1ccccc1. The van der Waals surface area contributed by atoms with Crippen LogP contribution in [0.3, 0.4) is 0 Å². The molecule has 3 rings (SSSR count). The minimum atomic E-state index is -0.685. The predicted molar refractivity (Wildman–Crippen MR) is 167 cm³/mol. The Kier molecular flexibility index (Phi) is 12.4. The highest BCUT2D eigenvalue weighted by molar-refractivity contribution is 6.42. The molecule has 0 radical (unpaired) electrons. The number of nitrogens with zero attached hydrogens (tertiary/aromatic N) is 2. The number of carbonyl (C=O) groups excluding carboxylic acids is 4. The number of nitrogens with one attached hydrogen (secondary N) is 2. The fourth-order valence-corrected chi connectivity index (χ4v) is 5.36. The molecule has 10 heteroatoms. The Hall–Kier alpha value is -2.94. The van der Waals surface area contributed by atoms with Crippen molar-refractivity contribution in [3.8, 4) is 0 Å². The molecule has 0 aromatic heterocycles. The highest BCUT2D eigenvalue weighted by atomic mass is 35.5. The van der Waals surface area contributed by atoms with E-state index < -0.39 is 11.5 Å². The molecule has 0 bridgehead atoms. The van der Waals surface area contributed by atoms with Crippen molar-refractivity contribution in [2.24, 2.45) is 5.41 Å². The summed E-state index contributed by atoms with van der Waals surface area (Å²) in [5.74, 6) is -0.469. The molecule has 1 aliphatic rings. The van der Waals surface area contributed by atoms with Crippen LogP contribution in [0, 0.1) is 5.41 Å². The Balaban J connectivity index is 1.77. The number of imide groups is 1. The summed E-state index contributed by atoms with van der Waals surface area (Å²) in [5, 5.41) is 7.02. The molecule has 8 nitrogen and oxygen atoms in total. The molecular formula is C32H42Cl2N4O4. The van der Waals surface area contributed by atoms with Crippen molar-refractivity contribution >= 4 is 47.3 Å². The molecule has 3 atom stereocenters. The van der Waals surface area contributed by atoms with Crippen LogP contribution in [-0.2, 0) is 14.4 Å². The Morgan fingerprint density at radius 3 is 2.48 bits per heavy atom. The van der Waals surface area contributed by atoms with Gasteiger partial charge in [-0.3, -0.25) is 24.1 Å². The smallest absolute Gasteiger partial charge is 0.251 e. The van der Waals surface area contributed by atoms with Crippen molar-refractivity contribution < 1.29 is 19.2 Å². The lowest BCUT2D eigenvalue weighted by atomic mass is 9.88. The van der Waals surface area contributed by atoms with Gasteiger partial charge in [0.2, 0.25) is 18.2 Å². The molecule has 0 saturated carbocycles. The maximum Gasteiger partial charge on any atom is 0.251 e. The minimum absolute atomic E-state index is 0.0734. The van der Waals surface area contributed by atoms with Crippen LogP contribution in [0.15, 0.2) is 48.5 Å². The molecule has 2 N–H and O–H groups in total. The van der Waals surface area contributed by atoms with Gasteiger partial charge in [-0.25, -0.2) is 0 Å². The molecular weight excluding hydrogens is 575 g/mol. The molecule has 1 heterocycles. The lowest BCUT2D eigenvalue weighted by Gasteiger charge is -2.30. The van der Waals surface area contributed by atoms with Gasteiger partial charge in [-0.05, 0) is 49.4 Å². The Morgan fingerprint density at radius 1 is 1.14 bits per heavy atom. The van der Waals surface area contributed by atoms with E-state index in [0.29, 0.717) is 47.9 Å². The van der Waals surface area contributed by atoms with E-state index >= 15 is 0 Å². The third-order valence-corrected chi connectivity index (χ3v) is 8.94. The molecule has 2 aromatic rings. The largest absolute Gasteiger partial charge is 0.350 e. The summed E-state index contributed by atoms with van der Waals surface area (Å²) >= 11 is 12.1. The number of hydrogen-bond donors (Lipinski definition) is 2. The molecule has 228 valence electrons. The fraction of sp³-hybridized carbons (Fsp3) is 0.500. The minimum Gasteiger partial charge on any atom is -0.350 e. The van der Waals surface area contributed by atoms with Crippen molar-refractivity contribution in [1.82, 2.24) is 20.4 Å². The van der Waals surface area contributed by atoms with E-state index in [1.54, 1.807) is 12.1 Å². The highest BCUT2D eigenvalue weighted by Crippen LogP contribution is 2.25. The summed E-state index contributed by atoms with van der Waals surface area (Å²) in [6.07, 6.45) is 2.89. The van der Waals surface area contributed by atoms with Crippen molar-refractivity contribution in [1.29, 1.82) is 0 Å². The first-order valence-corrected chi connectivity index (χ1v) is 15.4. The van der Waals surface area contributed by atoms with Crippen molar-refractivity contribution in [3.05, 3.63) is 69.7 Å². The summed E-state index contributed by atoms with van der Waals surface area (Å²) in [7, 11) is 0. The van der Waals surface area contributed by atoms with Crippen molar-refractivity contribution in [2.75, 3.05) is 26.2 Å². The van der Waals surface area contributed by atoms with E-state index in [0.717, 1.165) is 6.42 Å². The van der Waals surface area contributed by atoms with Gasteiger partial charge >= 0.3 is 0 Å². The van der Waals surface area contributed by atoms with Crippen molar-refractivity contribution in [3.63, 3.8) is 0 Å². The molecule has 4 amide bonds. The van der Waals surface area contributed by atoms with Gasteiger partial charge in [0.15, 0.2) is 0 Å². The van der Waals surface area contributed by atoms with E-state index in [2.05, 4.69) is 29.7 Å². The monoisotopic (exact) mass is 616 g/mol. The van der Waals surface area contributed by atoms with Crippen LogP contribution in [-0.4, -0.2) is 72.2 Å². The van der Waals surface area contributed by atoms with E-state index in [1.807, 2.05) is 43.9 Å².